The third-order valence-electron chi connectivity index (χ3n) is 1.08. The Hall–Kier alpha value is 0.425. The molecule has 0 saturated heterocycles. The molecule has 0 aromatic rings. The molecule has 9 heavy (non-hydrogen) atoms. The Balaban J connectivity index is 3.19. The fourth-order valence-electron chi connectivity index (χ4n) is 0.447. The zero-order chi connectivity index (χ0) is 7.11. The molecule has 0 aliphatic rings. The van der Waals surface area contributed by atoms with Crippen molar-refractivity contribution in [3.63, 3.8) is 0 Å². The topological polar surface area (TPSA) is 29.1 Å². The summed E-state index contributed by atoms with van der Waals surface area (Å²) in [5.74, 6) is 0. The highest BCUT2D eigenvalue weighted by molar-refractivity contribution is 14.1. The Kier molecular flexibility index (Phi) is 6.85. The zero-order valence-electron chi connectivity index (χ0n) is 5.43. The number of carbonyl (C=O) groups excluding carboxylic acids is 1. The highest BCUT2D eigenvalue weighted by Gasteiger charge is 2.00. The van der Waals surface area contributed by atoms with Gasteiger partial charge in [0.2, 0.25) is 0 Å². The van der Waals surface area contributed by atoms with Crippen LogP contribution in [0.5, 0.6) is 0 Å². The molecule has 0 bridgehead atoms. The number of alkyl halides is 1. The standard InChI is InChI=1S/C5H10BINO/c1-2-5(3-7)8-6-4-9/h4-5,8H,2-3H2,1H3/t5-/m0/s1. The number of halogens is 1. The van der Waals surface area contributed by atoms with Crippen LogP contribution in [0, 0.1) is 0 Å². The average molecular weight is 238 g/mol. The van der Waals surface area contributed by atoms with Crippen molar-refractivity contribution in [2.75, 3.05) is 4.43 Å². The lowest BCUT2D eigenvalue weighted by atomic mass is 9.96. The Morgan fingerprint density at radius 2 is 2.56 bits per heavy atom. The molecular formula is C5H10BINO. The van der Waals surface area contributed by atoms with E-state index in [1.807, 2.05) is 0 Å². The van der Waals surface area contributed by atoms with Crippen molar-refractivity contribution in [3.05, 3.63) is 0 Å². The Morgan fingerprint density at radius 3 is 2.89 bits per heavy atom. The van der Waals surface area contributed by atoms with E-state index < -0.39 is 0 Å². The molecule has 0 heterocycles. The van der Waals surface area contributed by atoms with Crippen LogP contribution in [0.3, 0.4) is 0 Å². The van der Waals surface area contributed by atoms with Crippen molar-refractivity contribution >= 4 is 36.2 Å². The van der Waals surface area contributed by atoms with Gasteiger partial charge in [-0.15, -0.1) is 0 Å². The molecule has 4 heteroatoms. The first kappa shape index (κ1) is 9.42. The molecule has 0 aromatic carbocycles. The van der Waals surface area contributed by atoms with Crippen LogP contribution in [0.4, 0.5) is 0 Å². The van der Waals surface area contributed by atoms with Gasteiger partial charge in [0.15, 0.2) is 0 Å². The number of hydrogen-bond acceptors (Lipinski definition) is 2. The lowest BCUT2D eigenvalue weighted by Gasteiger charge is -2.09. The van der Waals surface area contributed by atoms with E-state index in [9.17, 15) is 4.79 Å². The SMILES string of the molecule is CC[C@@H](CI)N[B]C=O. The number of nitrogens with one attached hydrogen (secondary N) is 1. The van der Waals surface area contributed by atoms with E-state index >= 15 is 0 Å². The first-order valence-electron chi connectivity index (χ1n) is 2.94. The summed E-state index contributed by atoms with van der Waals surface area (Å²) < 4.78 is 1.04. The lowest BCUT2D eigenvalue weighted by molar-refractivity contribution is 0.566. The second-order valence-electron chi connectivity index (χ2n) is 1.73. The minimum atomic E-state index is 0.454. The van der Waals surface area contributed by atoms with Crippen LogP contribution in [-0.4, -0.2) is 24.1 Å². The third kappa shape index (κ3) is 4.90. The first-order chi connectivity index (χ1) is 4.35. The maximum atomic E-state index is 9.82. The second kappa shape index (κ2) is 6.54. The predicted octanol–water partition coefficient (Wildman–Crippen LogP) is 0.599. The highest BCUT2D eigenvalue weighted by atomic mass is 127. The van der Waals surface area contributed by atoms with Crippen molar-refractivity contribution in [1.82, 2.24) is 5.23 Å². The van der Waals surface area contributed by atoms with E-state index in [4.69, 9.17) is 0 Å². The smallest absolute Gasteiger partial charge is 0.290 e. The monoisotopic (exact) mass is 238 g/mol. The maximum absolute atomic E-state index is 9.82. The van der Waals surface area contributed by atoms with Crippen molar-refractivity contribution < 1.29 is 4.79 Å². The molecule has 0 aromatic heterocycles. The van der Waals surface area contributed by atoms with Crippen LogP contribution >= 0.6 is 22.6 Å². The molecule has 1 atom stereocenters. The van der Waals surface area contributed by atoms with Crippen LogP contribution in [0.2, 0.25) is 0 Å². The van der Waals surface area contributed by atoms with Gasteiger partial charge in [0.05, 0.1) is 6.19 Å². The van der Waals surface area contributed by atoms with E-state index in [1.165, 1.54) is 7.41 Å². The van der Waals surface area contributed by atoms with Gasteiger partial charge in [-0.2, -0.15) is 0 Å². The molecule has 0 unspecified atom stereocenters. The summed E-state index contributed by atoms with van der Waals surface area (Å²) >= 11 is 2.29. The summed E-state index contributed by atoms with van der Waals surface area (Å²) in [6, 6.07) is 0.454. The molecule has 1 radical (unpaired) electrons. The minimum Gasteiger partial charge on any atom is -0.351 e. The molecule has 0 spiro atoms. The normalized spacial score (nSPS) is 12.7. The Morgan fingerprint density at radius 1 is 1.89 bits per heavy atom. The summed E-state index contributed by atoms with van der Waals surface area (Å²) in [6.45, 7) is 2.09. The molecule has 0 rings (SSSR count). The van der Waals surface area contributed by atoms with Gasteiger partial charge < -0.3 is 10.0 Å². The van der Waals surface area contributed by atoms with E-state index in [2.05, 4.69) is 34.7 Å². The maximum Gasteiger partial charge on any atom is 0.290 e. The number of rotatable bonds is 5. The largest absolute Gasteiger partial charge is 0.351 e. The van der Waals surface area contributed by atoms with Crippen molar-refractivity contribution in [2.24, 2.45) is 0 Å². The fraction of sp³-hybridized carbons (Fsp3) is 0.800. The minimum absolute atomic E-state index is 0.454. The van der Waals surface area contributed by atoms with Gasteiger partial charge in [0.25, 0.3) is 7.41 Å². The first-order valence-corrected chi connectivity index (χ1v) is 4.46. The van der Waals surface area contributed by atoms with Crippen LogP contribution in [0.15, 0.2) is 0 Å². The van der Waals surface area contributed by atoms with E-state index in [1.54, 1.807) is 0 Å². The van der Waals surface area contributed by atoms with Gasteiger partial charge in [-0.05, 0) is 6.42 Å². The Bertz CT molecular complexity index is 77.4. The molecular weight excluding hydrogens is 228 g/mol. The average Bonchev–Trinajstić information content (AvgIpc) is 1.91. The van der Waals surface area contributed by atoms with Gasteiger partial charge >= 0.3 is 0 Å². The molecule has 0 saturated carbocycles. The van der Waals surface area contributed by atoms with E-state index in [0.29, 0.717) is 6.04 Å². The quantitative estimate of drug-likeness (QED) is 0.329. The van der Waals surface area contributed by atoms with Crippen molar-refractivity contribution in [1.29, 1.82) is 0 Å². The van der Waals surface area contributed by atoms with Gasteiger partial charge in [-0.1, -0.05) is 29.5 Å². The lowest BCUT2D eigenvalue weighted by Crippen LogP contribution is -2.33. The summed E-state index contributed by atoms with van der Waals surface area (Å²) in [5, 5.41) is 2.97. The van der Waals surface area contributed by atoms with Gasteiger partial charge in [-0.25, -0.2) is 0 Å². The third-order valence-corrected chi connectivity index (χ3v) is 2.14. The van der Waals surface area contributed by atoms with Crippen LogP contribution in [0.25, 0.3) is 0 Å². The van der Waals surface area contributed by atoms with Gasteiger partial charge in [0, 0.05) is 10.5 Å². The molecule has 0 aliphatic carbocycles. The van der Waals surface area contributed by atoms with Crippen molar-refractivity contribution in [2.45, 2.75) is 19.4 Å². The molecule has 0 fully saturated rings. The Labute approximate surface area is 70.2 Å². The zero-order valence-corrected chi connectivity index (χ0v) is 7.59. The molecule has 1 N–H and O–H groups in total. The van der Waals surface area contributed by atoms with Crippen LogP contribution in [-0.2, 0) is 4.79 Å². The van der Waals surface area contributed by atoms with Crippen LogP contribution < -0.4 is 5.23 Å². The summed E-state index contributed by atoms with van der Waals surface area (Å²) in [4.78, 5) is 9.82. The second-order valence-corrected chi connectivity index (χ2v) is 2.61. The van der Waals surface area contributed by atoms with Crippen molar-refractivity contribution in [3.8, 4) is 0 Å². The summed E-state index contributed by atoms with van der Waals surface area (Å²) in [6.07, 6.45) is 1.84. The molecule has 0 aliphatic heterocycles. The number of hydrogen-bond donors (Lipinski definition) is 1. The van der Waals surface area contributed by atoms with E-state index in [0.717, 1.165) is 17.0 Å². The summed E-state index contributed by atoms with van der Waals surface area (Å²) in [5.41, 5.74) is 0. The predicted molar refractivity (Wildman–Crippen MR) is 48.6 cm³/mol. The summed E-state index contributed by atoms with van der Waals surface area (Å²) in [7, 11) is 1.45. The van der Waals surface area contributed by atoms with Gasteiger partial charge in [0.1, 0.15) is 0 Å². The molecule has 2 nitrogen and oxygen atoms in total. The van der Waals surface area contributed by atoms with E-state index in [-0.39, 0.29) is 0 Å². The van der Waals surface area contributed by atoms with Gasteiger partial charge in [-0.3, -0.25) is 0 Å². The molecule has 51 valence electrons. The fourth-order valence-corrected chi connectivity index (χ4v) is 1.32. The highest BCUT2D eigenvalue weighted by Crippen LogP contribution is 1.94. The van der Waals surface area contributed by atoms with Crippen LogP contribution in [0.1, 0.15) is 13.3 Å². The molecule has 0 amide bonds. The number of carbonyl (C=O) groups is 1.